The van der Waals surface area contributed by atoms with Crippen molar-refractivity contribution >= 4 is 22.5 Å². The number of para-hydroxylation sites is 1. The van der Waals surface area contributed by atoms with Crippen LogP contribution in [0.2, 0.25) is 0 Å². The largest absolute Gasteiger partial charge is 0.368 e. The Bertz CT molecular complexity index is 1070. The summed E-state index contributed by atoms with van der Waals surface area (Å²) in [6.07, 6.45) is 2.67. The fraction of sp³-hybridized carbons (Fsp3) is 0.316. The predicted molar refractivity (Wildman–Crippen MR) is 102 cm³/mol. The molecule has 3 aromatic rings. The van der Waals surface area contributed by atoms with Crippen molar-refractivity contribution in [3.63, 3.8) is 0 Å². The van der Waals surface area contributed by atoms with Gasteiger partial charge >= 0.3 is 5.69 Å². The number of nitrogens with two attached hydrogens (primary N) is 1. The average molecular weight is 348 g/mol. The Morgan fingerprint density at radius 2 is 2.15 bits per heavy atom. The van der Waals surface area contributed by atoms with Crippen LogP contribution in [-0.2, 0) is 13.6 Å². The third-order valence-corrected chi connectivity index (χ3v) is 5.00. The van der Waals surface area contributed by atoms with Gasteiger partial charge in [0.05, 0.1) is 12.3 Å². The van der Waals surface area contributed by atoms with Gasteiger partial charge in [-0.05, 0) is 18.1 Å². The van der Waals surface area contributed by atoms with Gasteiger partial charge in [-0.3, -0.25) is 9.13 Å². The van der Waals surface area contributed by atoms with Crippen LogP contribution in [0.5, 0.6) is 0 Å². The molecule has 3 heterocycles. The van der Waals surface area contributed by atoms with E-state index in [9.17, 15) is 4.79 Å². The van der Waals surface area contributed by atoms with E-state index in [2.05, 4.69) is 14.7 Å². The molecule has 1 aliphatic heterocycles. The Balaban J connectivity index is 1.90. The second-order valence-electron chi connectivity index (χ2n) is 6.67. The molecule has 0 radical (unpaired) electrons. The second kappa shape index (κ2) is 6.32. The van der Waals surface area contributed by atoms with Gasteiger partial charge in [0, 0.05) is 38.9 Å². The first kappa shape index (κ1) is 16.4. The van der Waals surface area contributed by atoms with Crippen LogP contribution in [0.25, 0.3) is 16.0 Å². The van der Waals surface area contributed by atoms with E-state index in [1.54, 1.807) is 28.4 Å². The minimum absolute atomic E-state index is 0.136. The van der Waals surface area contributed by atoms with Gasteiger partial charge in [-0.25, -0.2) is 14.6 Å². The molecule has 1 fully saturated rings. The van der Waals surface area contributed by atoms with Gasteiger partial charge in [0.15, 0.2) is 11.3 Å². The number of aromatic nitrogens is 3. The highest BCUT2D eigenvalue weighted by molar-refractivity contribution is 5.87. The normalized spacial score (nSPS) is 17.0. The van der Waals surface area contributed by atoms with Crippen LogP contribution in [-0.4, -0.2) is 33.2 Å². The van der Waals surface area contributed by atoms with E-state index in [4.69, 9.17) is 12.3 Å². The summed E-state index contributed by atoms with van der Waals surface area (Å²) in [5.41, 5.74) is 9.74. The number of hydrogen-bond acceptors (Lipinski definition) is 4. The topological polar surface area (TPSA) is 73.4 Å². The highest BCUT2D eigenvalue weighted by Crippen LogP contribution is 2.29. The molecule has 0 unspecified atom stereocenters. The van der Waals surface area contributed by atoms with Crippen molar-refractivity contribution in [3.05, 3.63) is 64.0 Å². The smallest absolute Gasteiger partial charge is 0.330 e. The van der Waals surface area contributed by atoms with Crippen LogP contribution in [0, 0.1) is 6.57 Å². The molecule has 2 N–H and O–H groups in total. The van der Waals surface area contributed by atoms with E-state index >= 15 is 0 Å². The van der Waals surface area contributed by atoms with E-state index in [0.29, 0.717) is 17.9 Å². The molecule has 4 rings (SSSR count). The van der Waals surface area contributed by atoms with Gasteiger partial charge in [-0.2, -0.15) is 0 Å². The summed E-state index contributed by atoms with van der Waals surface area (Å²) in [6.45, 7) is 9.34. The zero-order valence-electron chi connectivity index (χ0n) is 14.6. The molecular formula is C19H20N6O. The second-order valence-corrected chi connectivity index (χ2v) is 6.67. The van der Waals surface area contributed by atoms with Gasteiger partial charge in [0.25, 0.3) is 0 Å². The Labute approximate surface area is 151 Å². The maximum Gasteiger partial charge on any atom is 0.330 e. The fourth-order valence-corrected chi connectivity index (χ4v) is 3.64. The first-order valence-electron chi connectivity index (χ1n) is 8.60. The molecule has 0 spiro atoms. The first-order valence-corrected chi connectivity index (χ1v) is 8.60. The molecule has 0 saturated carbocycles. The number of pyridine rings is 1. The van der Waals surface area contributed by atoms with Crippen LogP contribution in [0.15, 0.2) is 41.3 Å². The molecule has 1 saturated heterocycles. The molecule has 0 amide bonds. The van der Waals surface area contributed by atoms with Crippen molar-refractivity contribution in [2.24, 2.45) is 12.8 Å². The van der Waals surface area contributed by atoms with Gasteiger partial charge in [0.2, 0.25) is 0 Å². The van der Waals surface area contributed by atoms with E-state index in [-0.39, 0.29) is 11.7 Å². The zero-order valence-corrected chi connectivity index (χ0v) is 14.6. The summed E-state index contributed by atoms with van der Waals surface area (Å²) >= 11 is 0. The standard InChI is InChI=1S/C19H20N6O/c1-21-15-6-4-3-5-13(15)11-25-17-16(24-10-8-14(20)12-24)7-9-22-18(17)23(2)19(25)26/h3-7,9,14H,8,10-12,20H2,2H3/t14-/m1/s1. The van der Waals surface area contributed by atoms with Crippen molar-refractivity contribution in [2.75, 3.05) is 18.0 Å². The molecule has 132 valence electrons. The lowest BCUT2D eigenvalue weighted by molar-refractivity contribution is 0.734. The molecule has 2 aromatic heterocycles. The molecule has 7 nitrogen and oxygen atoms in total. The average Bonchev–Trinajstić information content (AvgIpc) is 3.19. The van der Waals surface area contributed by atoms with Crippen LogP contribution >= 0.6 is 0 Å². The highest BCUT2D eigenvalue weighted by Gasteiger charge is 2.24. The summed E-state index contributed by atoms with van der Waals surface area (Å²) < 4.78 is 3.28. The van der Waals surface area contributed by atoms with Crippen molar-refractivity contribution in [1.82, 2.24) is 14.1 Å². The number of aryl methyl sites for hydroxylation is 1. The predicted octanol–water partition coefficient (Wildman–Crippen LogP) is 1.87. The number of anilines is 1. The summed E-state index contributed by atoms with van der Waals surface area (Å²) in [6, 6.07) is 9.47. The van der Waals surface area contributed by atoms with Crippen molar-refractivity contribution in [1.29, 1.82) is 0 Å². The monoisotopic (exact) mass is 348 g/mol. The lowest BCUT2D eigenvalue weighted by atomic mass is 10.2. The molecule has 0 bridgehead atoms. The van der Waals surface area contributed by atoms with Crippen molar-refractivity contribution in [2.45, 2.75) is 19.0 Å². The third-order valence-electron chi connectivity index (χ3n) is 5.00. The van der Waals surface area contributed by atoms with Gasteiger partial charge in [0.1, 0.15) is 5.52 Å². The van der Waals surface area contributed by atoms with Crippen molar-refractivity contribution < 1.29 is 0 Å². The number of hydrogen-bond donors (Lipinski definition) is 1. The quantitative estimate of drug-likeness (QED) is 0.734. The summed E-state index contributed by atoms with van der Waals surface area (Å²) in [7, 11) is 1.73. The molecule has 0 aliphatic carbocycles. The lowest BCUT2D eigenvalue weighted by Gasteiger charge is -2.20. The van der Waals surface area contributed by atoms with Gasteiger partial charge in [-0.1, -0.05) is 24.3 Å². The lowest BCUT2D eigenvalue weighted by Crippen LogP contribution is -2.27. The highest BCUT2D eigenvalue weighted by atomic mass is 16.1. The Hall–Kier alpha value is -3.11. The molecule has 1 atom stereocenters. The molecule has 7 heteroatoms. The maximum atomic E-state index is 12.9. The first-order chi connectivity index (χ1) is 12.6. The SMILES string of the molecule is [C-]#[N+]c1ccccc1Cn1c(=O)n(C)c2nccc(N3CC[C@@H](N)C3)c21. The Morgan fingerprint density at radius 1 is 1.35 bits per heavy atom. The van der Waals surface area contributed by atoms with Crippen LogP contribution in [0.4, 0.5) is 11.4 Å². The van der Waals surface area contributed by atoms with Crippen LogP contribution in [0.1, 0.15) is 12.0 Å². The molecule has 1 aliphatic rings. The minimum Gasteiger partial charge on any atom is -0.368 e. The van der Waals surface area contributed by atoms with E-state index < -0.39 is 0 Å². The van der Waals surface area contributed by atoms with E-state index in [1.807, 2.05) is 24.3 Å². The Kier molecular flexibility index (Phi) is 3.98. The molecule has 26 heavy (non-hydrogen) atoms. The number of nitrogens with zero attached hydrogens (tertiary/aromatic N) is 5. The zero-order chi connectivity index (χ0) is 18.3. The number of imidazole rings is 1. The molecule has 1 aromatic carbocycles. The fourth-order valence-electron chi connectivity index (χ4n) is 3.64. The summed E-state index contributed by atoms with van der Waals surface area (Å²) in [4.78, 5) is 23.1. The van der Waals surface area contributed by atoms with Crippen LogP contribution < -0.4 is 16.3 Å². The number of benzene rings is 1. The van der Waals surface area contributed by atoms with E-state index in [0.717, 1.165) is 36.3 Å². The Morgan fingerprint density at radius 3 is 2.88 bits per heavy atom. The minimum atomic E-state index is -0.136. The number of fused-ring (bicyclic) bond motifs is 1. The summed E-state index contributed by atoms with van der Waals surface area (Å²) in [5, 5.41) is 0. The van der Waals surface area contributed by atoms with Crippen molar-refractivity contribution in [3.8, 4) is 0 Å². The number of rotatable bonds is 3. The van der Waals surface area contributed by atoms with Gasteiger partial charge < -0.3 is 10.6 Å². The third kappa shape index (κ3) is 2.55. The molecular weight excluding hydrogens is 328 g/mol. The summed E-state index contributed by atoms with van der Waals surface area (Å²) in [5.74, 6) is 0. The van der Waals surface area contributed by atoms with Crippen LogP contribution in [0.3, 0.4) is 0 Å². The van der Waals surface area contributed by atoms with Gasteiger partial charge in [-0.15, -0.1) is 0 Å². The van der Waals surface area contributed by atoms with E-state index in [1.165, 1.54) is 0 Å². The maximum absolute atomic E-state index is 12.9.